The van der Waals surface area contributed by atoms with Crippen molar-refractivity contribution >= 4 is 35.7 Å². The van der Waals surface area contributed by atoms with Crippen LogP contribution in [0.1, 0.15) is 38.5 Å². The van der Waals surface area contributed by atoms with Crippen molar-refractivity contribution in [3.05, 3.63) is 0 Å². The molecule has 14 heteroatoms. The standard InChI is InChI=1S/C16H29FN12O/c17-30-10-6-2-5-9-23-16-28-13(20)27-15(29-16)22-8-4-1-3-7-21-14-25-11(18)24-12(19)26-14/h1-10H2,(H5,18,19,21,24,25,26)(H4,20,22,23,27,28,29). The van der Waals surface area contributed by atoms with Gasteiger partial charge in [0.2, 0.25) is 35.7 Å². The predicted octanol–water partition coefficient (Wildman–Crippen LogP) is 0.981. The maximum atomic E-state index is 11.6. The van der Waals surface area contributed by atoms with Crippen LogP contribution >= 0.6 is 0 Å². The zero-order valence-electron chi connectivity index (χ0n) is 16.8. The first-order valence-electron chi connectivity index (χ1n) is 9.80. The van der Waals surface area contributed by atoms with E-state index in [0.29, 0.717) is 43.9 Å². The normalized spacial score (nSPS) is 10.7. The molecule has 0 atom stereocenters. The highest BCUT2D eigenvalue weighted by Gasteiger charge is 2.04. The van der Waals surface area contributed by atoms with Gasteiger partial charge in [0.05, 0.1) is 6.61 Å². The molecule has 0 amide bonds. The molecular formula is C16H29FN12O. The lowest BCUT2D eigenvalue weighted by atomic mass is 10.2. The van der Waals surface area contributed by atoms with E-state index < -0.39 is 0 Å². The Morgan fingerprint density at radius 2 is 0.967 bits per heavy atom. The Labute approximate surface area is 173 Å². The highest BCUT2D eigenvalue weighted by molar-refractivity contribution is 5.39. The highest BCUT2D eigenvalue weighted by atomic mass is 19.3. The van der Waals surface area contributed by atoms with Gasteiger partial charge in [-0.2, -0.15) is 34.8 Å². The summed E-state index contributed by atoms with van der Waals surface area (Å²) in [5.41, 5.74) is 16.8. The Kier molecular flexibility index (Phi) is 9.99. The topological polar surface area (TPSA) is 201 Å². The molecular weight excluding hydrogens is 395 g/mol. The van der Waals surface area contributed by atoms with E-state index in [2.05, 4.69) is 50.8 Å². The third-order valence-corrected chi connectivity index (χ3v) is 3.92. The summed E-state index contributed by atoms with van der Waals surface area (Å²) in [6, 6.07) is 0. The molecule has 0 aliphatic rings. The van der Waals surface area contributed by atoms with Gasteiger partial charge < -0.3 is 33.2 Å². The molecule has 0 radical (unpaired) electrons. The lowest BCUT2D eigenvalue weighted by Gasteiger charge is -2.09. The number of nitrogens with zero attached hydrogens (tertiary/aromatic N) is 6. The minimum Gasteiger partial charge on any atom is -0.368 e. The first-order chi connectivity index (χ1) is 14.6. The molecule has 166 valence electrons. The van der Waals surface area contributed by atoms with Gasteiger partial charge in [0.1, 0.15) is 0 Å². The average molecular weight is 424 g/mol. The third-order valence-electron chi connectivity index (χ3n) is 3.92. The summed E-state index contributed by atoms with van der Waals surface area (Å²) in [5, 5.41) is 9.29. The molecule has 2 aromatic rings. The second kappa shape index (κ2) is 13.0. The Balaban J connectivity index is 1.60. The van der Waals surface area contributed by atoms with E-state index in [1.54, 1.807) is 0 Å². The van der Waals surface area contributed by atoms with Crippen molar-refractivity contribution in [1.82, 2.24) is 29.9 Å². The number of nitrogens with two attached hydrogens (primary N) is 3. The molecule has 0 saturated heterocycles. The van der Waals surface area contributed by atoms with E-state index >= 15 is 0 Å². The summed E-state index contributed by atoms with van der Waals surface area (Å²) in [7, 11) is 0. The van der Waals surface area contributed by atoms with Gasteiger partial charge in [0, 0.05) is 19.6 Å². The van der Waals surface area contributed by atoms with Crippen LogP contribution in [0.2, 0.25) is 0 Å². The van der Waals surface area contributed by atoms with E-state index in [4.69, 9.17) is 17.2 Å². The number of rotatable bonds is 15. The van der Waals surface area contributed by atoms with Gasteiger partial charge >= 0.3 is 0 Å². The zero-order chi connectivity index (χ0) is 21.6. The molecule has 30 heavy (non-hydrogen) atoms. The van der Waals surface area contributed by atoms with Crippen LogP contribution in [0.3, 0.4) is 0 Å². The fraction of sp³-hybridized carbons (Fsp3) is 0.625. The summed E-state index contributed by atoms with van der Waals surface area (Å²) in [6.45, 7) is 2.15. The number of halogens is 1. The van der Waals surface area contributed by atoms with Gasteiger partial charge in [-0.3, -0.25) is 0 Å². The Hall–Kier alpha value is -3.29. The quantitative estimate of drug-likeness (QED) is 0.221. The first kappa shape index (κ1) is 23.0. The number of hydrogen-bond acceptors (Lipinski definition) is 13. The van der Waals surface area contributed by atoms with E-state index in [0.717, 1.165) is 32.1 Å². The fourth-order valence-electron chi connectivity index (χ4n) is 2.52. The third kappa shape index (κ3) is 9.27. The first-order valence-corrected chi connectivity index (χ1v) is 9.80. The van der Waals surface area contributed by atoms with E-state index in [-0.39, 0.29) is 24.5 Å². The molecule has 13 nitrogen and oxygen atoms in total. The van der Waals surface area contributed by atoms with Crippen LogP contribution in [0.5, 0.6) is 0 Å². The summed E-state index contributed by atoms with van der Waals surface area (Å²) in [5.74, 6) is 1.52. The number of unbranched alkanes of at least 4 members (excludes halogenated alkanes) is 4. The highest BCUT2D eigenvalue weighted by Crippen LogP contribution is 2.08. The smallest absolute Gasteiger partial charge is 0.229 e. The second-order valence-corrected chi connectivity index (χ2v) is 6.43. The molecule has 2 aromatic heterocycles. The number of anilines is 6. The van der Waals surface area contributed by atoms with Crippen LogP contribution in [0.4, 0.5) is 40.2 Å². The number of nitrogens with one attached hydrogen (secondary N) is 3. The van der Waals surface area contributed by atoms with Gasteiger partial charge in [0.15, 0.2) is 0 Å². The molecule has 0 bridgehead atoms. The predicted molar refractivity (Wildman–Crippen MR) is 113 cm³/mol. The minimum absolute atomic E-state index is 0.0890. The largest absolute Gasteiger partial charge is 0.368 e. The van der Waals surface area contributed by atoms with Gasteiger partial charge in [-0.1, -0.05) is 0 Å². The monoisotopic (exact) mass is 424 g/mol. The number of nitrogen functional groups attached to an aromatic ring is 3. The summed E-state index contributed by atoms with van der Waals surface area (Å²) < 4.78 is 11.6. The molecule has 0 aromatic carbocycles. The van der Waals surface area contributed by atoms with Crippen LogP contribution in [0.25, 0.3) is 0 Å². The molecule has 2 heterocycles. The van der Waals surface area contributed by atoms with Crippen molar-refractivity contribution in [2.75, 3.05) is 59.4 Å². The van der Waals surface area contributed by atoms with Crippen LogP contribution in [-0.2, 0) is 4.94 Å². The van der Waals surface area contributed by atoms with Crippen molar-refractivity contribution in [2.24, 2.45) is 0 Å². The van der Waals surface area contributed by atoms with E-state index in [1.165, 1.54) is 0 Å². The Morgan fingerprint density at radius 3 is 1.43 bits per heavy atom. The average Bonchev–Trinajstić information content (AvgIpc) is 2.69. The minimum atomic E-state index is 0.0890. The van der Waals surface area contributed by atoms with Crippen molar-refractivity contribution in [2.45, 2.75) is 38.5 Å². The van der Waals surface area contributed by atoms with Crippen molar-refractivity contribution in [1.29, 1.82) is 0 Å². The number of aromatic nitrogens is 6. The van der Waals surface area contributed by atoms with Crippen LogP contribution in [-0.4, -0.2) is 56.1 Å². The molecule has 0 spiro atoms. The zero-order valence-corrected chi connectivity index (χ0v) is 16.8. The lowest BCUT2D eigenvalue weighted by Crippen LogP contribution is -2.13. The molecule has 2 rings (SSSR count). The molecule has 0 unspecified atom stereocenters. The number of hydrogen-bond donors (Lipinski definition) is 6. The van der Waals surface area contributed by atoms with Crippen molar-refractivity contribution in [3.63, 3.8) is 0 Å². The Bertz CT molecular complexity index is 745. The van der Waals surface area contributed by atoms with Crippen LogP contribution in [0.15, 0.2) is 0 Å². The molecule has 9 N–H and O–H groups in total. The summed E-state index contributed by atoms with van der Waals surface area (Å²) in [4.78, 5) is 27.6. The molecule has 0 aliphatic carbocycles. The molecule has 0 fully saturated rings. The van der Waals surface area contributed by atoms with Crippen molar-refractivity contribution in [3.8, 4) is 0 Å². The maximum absolute atomic E-state index is 11.6. The van der Waals surface area contributed by atoms with Crippen LogP contribution < -0.4 is 33.2 Å². The maximum Gasteiger partial charge on any atom is 0.229 e. The van der Waals surface area contributed by atoms with Crippen LogP contribution in [0, 0.1) is 0 Å². The van der Waals surface area contributed by atoms with E-state index in [9.17, 15) is 4.53 Å². The second-order valence-electron chi connectivity index (χ2n) is 6.43. The van der Waals surface area contributed by atoms with Gasteiger partial charge in [-0.05, 0) is 43.1 Å². The fourth-order valence-corrected chi connectivity index (χ4v) is 2.52. The lowest BCUT2D eigenvalue weighted by molar-refractivity contribution is -0.132. The van der Waals surface area contributed by atoms with Gasteiger partial charge in [-0.25, -0.2) is 0 Å². The Morgan fingerprint density at radius 1 is 0.567 bits per heavy atom. The van der Waals surface area contributed by atoms with Gasteiger partial charge in [-0.15, -0.1) is 0 Å². The molecule has 0 saturated carbocycles. The summed E-state index contributed by atoms with van der Waals surface area (Å²) >= 11 is 0. The van der Waals surface area contributed by atoms with Gasteiger partial charge in [0.25, 0.3) is 0 Å². The van der Waals surface area contributed by atoms with Crippen molar-refractivity contribution < 1.29 is 9.47 Å². The molecule has 0 aliphatic heterocycles. The van der Waals surface area contributed by atoms with E-state index in [1.807, 2.05) is 0 Å². The SMILES string of the molecule is Nc1nc(N)nc(NCCCCCNc2nc(N)nc(NCCCCCOF)n2)n1. The summed E-state index contributed by atoms with van der Waals surface area (Å²) in [6.07, 6.45) is 5.13.